The first-order chi connectivity index (χ1) is 15.2. The molecule has 0 amide bonds. The first-order valence-electron chi connectivity index (χ1n) is 14.6. The third kappa shape index (κ3) is 24.5. The zero-order valence-electron chi connectivity index (χ0n) is 22.9. The first kappa shape index (κ1) is 34.0. The molecule has 0 aliphatic heterocycles. The Labute approximate surface area is 203 Å². The summed E-state index contributed by atoms with van der Waals surface area (Å²) in [7, 11) is 2.50. The molecule has 0 spiro atoms. The van der Waals surface area contributed by atoms with Gasteiger partial charge >= 0.3 is 0 Å². The highest BCUT2D eigenvalue weighted by Gasteiger charge is 2.20. The standard InChI is InChI=1S/C29H62NO.FH/c1-5-8-11-14-16-18-20-22-25-30(4,27-29-31-28-24-13-10-7-3)26-23-21-19-17-15-12-9-6-2;/h5-29H2,1-4H3;1H/q+1;/p-1. The molecule has 0 fully saturated rings. The quantitative estimate of drug-likeness (QED) is 0.109. The van der Waals surface area contributed by atoms with E-state index in [1.54, 1.807) is 0 Å². The molecule has 0 N–H and O–H groups in total. The second-order valence-corrected chi connectivity index (χ2v) is 10.4. The Hall–Kier alpha value is -0.150. The van der Waals surface area contributed by atoms with Crippen LogP contribution in [0.3, 0.4) is 0 Å². The molecule has 0 aromatic carbocycles. The van der Waals surface area contributed by atoms with Gasteiger partial charge in [0.1, 0.15) is 6.54 Å². The van der Waals surface area contributed by atoms with Crippen molar-refractivity contribution >= 4 is 0 Å². The van der Waals surface area contributed by atoms with Gasteiger partial charge in [-0.3, -0.25) is 0 Å². The van der Waals surface area contributed by atoms with E-state index in [0.717, 1.165) is 13.2 Å². The van der Waals surface area contributed by atoms with E-state index < -0.39 is 0 Å². The zero-order chi connectivity index (χ0) is 22.9. The number of hydrogen-bond donors (Lipinski definition) is 0. The maximum absolute atomic E-state index is 6.03. The van der Waals surface area contributed by atoms with Crippen LogP contribution in [0.1, 0.15) is 149 Å². The van der Waals surface area contributed by atoms with Crippen LogP contribution < -0.4 is 4.70 Å². The Kier molecular flexibility index (Phi) is 28.8. The van der Waals surface area contributed by atoms with Crippen LogP contribution in [0.25, 0.3) is 0 Å². The van der Waals surface area contributed by atoms with Crippen LogP contribution in [0, 0.1) is 0 Å². The molecule has 0 saturated heterocycles. The minimum Gasteiger partial charge on any atom is -1.00 e. The molecule has 0 atom stereocenters. The van der Waals surface area contributed by atoms with Gasteiger partial charge in [0.15, 0.2) is 0 Å². The second-order valence-electron chi connectivity index (χ2n) is 10.4. The fraction of sp³-hybridized carbons (Fsp3) is 1.00. The minimum absolute atomic E-state index is 0. The molecule has 0 aliphatic carbocycles. The van der Waals surface area contributed by atoms with Gasteiger partial charge in [0, 0.05) is 6.61 Å². The third-order valence-electron chi connectivity index (χ3n) is 7.02. The average molecular weight is 460 g/mol. The highest BCUT2D eigenvalue weighted by atomic mass is 19.0. The summed E-state index contributed by atoms with van der Waals surface area (Å²) < 4.78 is 7.26. The summed E-state index contributed by atoms with van der Waals surface area (Å²) in [5.74, 6) is 0. The van der Waals surface area contributed by atoms with Crippen LogP contribution in [0.4, 0.5) is 0 Å². The number of ether oxygens (including phenoxy) is 1. The van der Waals surface area contributed by atoms with Gasteiger partial charge in [0.25, 0.3) is 0 Å². The fourth-order valence-corrected chi connectivity index (χ4v) is 4.61. The number of rotatable bonds is 26. The van der Waals surface area contributed by atoms with Gasteiger partial charge in [-0.2, -0.15) is 0 Å². The van der Waals surface area contributed by atoms with Crippen molar-refractivity contribution in [3.05, 3.63) is 0 Å². The number of quaternary nitrogens is 1. The Balaban J connectivity index is 0. The number of unbranched alkanes of at least 4 members (excludes halogenated alkanes) is 17. The Morgan fingerprint density at radius 2 is 0.750 bits per heavy atom. The third-order valence-corrected chi connectivity index (χ3v) is 7.02. The molecule has 0 heterocycles. The molecule has 0 unspecified atom stereocenters. The summed E-state index contributed by atoms with van der Waals surface area (Å²) in [5.41, 5.74) is 0. The van der Waals surface area contributed by atoms with Crippen LogP contribution in [-0.4, -0.2) is 44.4 Å². The van der Waals surface area contributed by atoms with E-state index in [4.69, 9.17) is 4.74 Å². The summed E-state index contributed by atoms with van der Waals surface area (Å²) in [6.45, 7) is 12.7. The number of nitrogens with zero attached hydrogens (tertiary/aromatic N) is 1. The summed E-state index contributed by atoms with van der Waals surface area (Å²) in [6, 6.07) is 0. The van der Waals surface area contributed by atoms with E-state index in [1.165, 1.54) is 153 Å². The SMILES string of the molecule is CCCCCCCCCC[N+](C)(CCCCCCCCCC)CCOCCCCCC.[F-]. The Bertz CT molecular complexity index is 317. The minimum atomic E-state index is 0. The number of hydrogen-bond acceptors (Lipinski definition) is 1. The molecule has 0 aromatic rings. The van der Waals surface area contributed by atoms with Crippen molar-refractivity contribution in [3.8, 4) is 0 Å². The maximum atomic E-state index is 6.03. The lowest BCUT2D eigenvalue weighted by Gasteiger charge is -2.35. The molecule has 0 aromatic heterocycles. The van der Waals surface area contributed by atoms with Crippen molar-refractivity contribution < 1.29 is 13.9 Å². The normalized spacial score (nSPS) is 11.6. The van der Waals surface area contributed by atoms with Crippen LogP contribution in [0.2, 0.25) is 0 Å². The van der Waals surface area contributed by atoms with Crippen LogP contribution in [-0.2, 0) is 4.74 Å². The van der Waals surface area contributed by atoms with E-state index in [-0.39, 0.29) is 4.70 Å². The molecule has 0 bridgehead atoms. The van der Waals surface area contributed by atoms with Gasteiger partial charge in [0.05, 0.1) is 26.7 Å². The molecule has 3 heteroatoms. The zero-order valence-corrected chi connectivity index (χ0v) is 22.9. The molecule has 2 nitrogen and oxygen atoms in total. The van der Waals surface area contributed by atoms with E-state index in [1.807, 2.05) is 0 Å². The van der Waals surface area contributed by atoms with Gasteiger partial charge in [-0.1, -0.05) is 117 Å². The Morgan fingerprint density at radius 1 is 0.406 bits per heavy atom. The molecule has 196 valence electrons. The van der Waals surface area contributed by atoms with Crippen molar-refractivity contribution in [2.75, 3.05) is 39.9 Å². The molecule has 0 saturated carbocycles. The van der Waals surface area contributed by atoms with Crippen molar-refractivity contribution in [3.63, 3.8) is 0 Å². The highest BCUT2D eigenvalue weighted by molar-refractivity contribution is 4.51. The van der Waals surface area contributed by atoms with E-state index >= 15 is 0 Å². The van der Waals surface area contributed by atoms with Gasteiger partial charge in [0.2, 0.25) is 0 Å². The largest absolute Gasteiger partial charge is 1.00 e. The van der Waals surface area contributed by atoms with Crippen LogP contribution in [0.15, 0.2) is 0 Å². The predicted octanol–water partition coefficient (Wildman–Crippen LogP) is 6.32. The van der Waals surface area contributed by atoms with E-state index in [9.17, 15) is 0 Å². The number of likely N-dealkylation sites (N-methyl/N-ethyl adjacent to an activating group) is 1. The summed E-state index contributed by atoms with van der Waals surface area (Å²) >= 11 is 0. The smallest absolute Gasteiger partial charge is 0.102 e. The van der Waals surface area contributed by atoms with Crippen molar-refractivity contribution in [2.45, 2.75) is 149 Å². The molecule has 0 rings (SSSR count). The highest BCUT2D eigenvalue weighted by Crippen LogP contribution is 2.15. The topological polar surface area (TPSA) is 9.23 Å². The van der Waals surface area contributed by atoms with Gasteiger partial charge < -0.3 is 13.9 Å². The molecule has 32 heavy (non-hydrogen) atoms. The van der Waals surface area contributed by atoms with Gasteiger partial charge in [-0.15, -0.1) is 0 Å². The fourth-order valence-electron chi connectivity index (χ4n) is 4.61. The maximum Gasteiger partial charge on any atom is 0.102 e. The van der Waals surface area contributed by atoms with Crippen LogP contribution in [0.5, 0.6) is 0 Å². The lowest BCUT2D eigenvalue weighted by atomic mass is 10.1. The molecule has 0 aliphatic rings. The summed E-state index contributed by atoms with van der Waals surface area (Å²) in [5, 5.41) is 0. The molecular formula is C29H62FNO. The molecular weight excluding hydrogens is 397 g/mol. The van der Waals surface area contributed by atoms with Crippen molar-refractivity contribution in [1.82, 2.24) is 0 Å². The molecule has 0 radical (unpaired) electrons. The van der Waals surface area contributed by atoms with Gasteiger partial charge in [-0.25, -0.2) is 0 Å². The van der Waals surface area contributed by atoms with E-state index in [2.05, 4.69) is 27.8 Å². The first-order valence-corrected chi connectivity index (χ1v) is 14.6. The lowest BCUT2D eigenvalue weighted by molar-refractivity contribution is -0.910. The second kappa shape index (κ2) is 27.1. The number of halogens is 1. The van der Waals surface area contributed by atoms with Crippen molar-refractivity contribution in [2.24, 2.45) is 0 Å². The summed E-state index contributed by atoms with van der Waals surface area (Å²) in [6.07, 6.45) is 28.0. The van der Waals surface area contributed by atoms with Crippen molar-refractivity contribution in [1.29, 1.82) is 0 Å². The van der Waals surface area contributed by atoms with Crippen LogP contribution >= 0.6 is 0 Å². The predicted molar refractivity (Wildman–Crippen MR) is 141 cm³/mol. The summed E-state index contributed by atoms with van der Waals surface area (Å²) in [4.78, 5) is 0. The monoisotopic (exact) mass is 459 g/mol. The Morgan fingerprint density at radius 3 is 1.16 bits per heavy atom. The van der Waals surface area contributed by atoms with E-state index in [0.29, 0.717) is 0 Å². The van der Waals surface area contributed by atoms with Gasteiger partial charge in [-0.05, 0) is 32.1 Å². The average Bonchev–Trinajstić information content (AvgIpc) is 2.77. The lowest BCUT2D eigenvalue weighted by Crippen LogP contribution is -3.00.